The number of aromatic nitrogens is 2. The Bertz CT molecular complexity index is 347. The van der Waals surface area contributed by atoms with E-state index in [2.05, 4.69) is 7.94 Å². The van der Waals surface area contributed by atoms with E-state index in [9.17, 15) is 0 Å². The summed E-state index contributed by atoms with van der Waals surface area (Å²) < 4.78 is 4.12. The molecule has 6 heteroatoms. The van der Waals surface area contributed by atoms with Gasteiger partial charge in [0.1, 0.15) is 0 Å². The van der Waals surface area contributed by atoms with Gasteiger partial charge in [0.2, 0.25) is 0 Å². The molecule has 0 N–H and O–H groups in total. The average Bonchev–Trinajstić information content (AvgIpc) is 2.29. The van der Waals surface area contributed by atoms with E-state index in [1.165, 1.54) is 0 Å². The van der Waals surface area contributed by atoms with Crippen molar-refractivity contribution in [2.75, 3.05) is 0 Å². The summed E-state index contributed by atoms with van der Waals surface area (Å²) in [6.07, 6.45) is 8.12. The fourth-order valence-corrected chi connectivity index (χ4v) is 2.63. The molecule has 0 spiro atoms. The van der Waals surface area contributed by atoms with Crippen LogP contribution in [0.25, 0.3) is 0 Å². The molecule has 0 aromatic carbocycles. The molecule has 0 atom stereocenters. The molecule has 2 aromatic heterocycles. The highest BCUT2D eigenvalue weighted by molar-refractivity contribution is 8.71. The van der Waals surface area contributed by atoms with Gasteiger partial charge in [-0.05, 0) is 0 Å². The van der Waals surface area contributed by atoms with Crippen LogP contribution in [0.15, 0.2) is 61.2 Å². The number of pyridine rings is 2. The largest absolute Gasteiger partial charge is 1.00 e. The first kappa shape index (κ1) is 15.6. The smallest absolute Gasteiger partial charge is 0.313 e. The van der Waals surface area contributed by atoms with Crippen molar-refractivity contribution in [2.45, 2.75) is 0 Å². The Morgan fingerprint density at radius 2 is 0.812 bits per heavy atom. The first-order chi connectivity index (χ1) is 6.95. The summed E-state index contributed by atoms with van der Waals surface area (Å²) in [5.41, 5.74) is 0. The van der Waals surface area contributed by atoms with E-state index in [0.29, 0.717) is 0 Å². The summed E-state index contributed by atoms with van der Waals surface area (Å²) in [5, 5.41) is 0. The zero-order valence-corrected chi connectivity index (χ0v) is 11.4. The highest BCUT2D eigenvalue weighted by Crippen LogP contribution is 2.10. The highest BCUT2D eigenvalue weighted by Gasteiger charge is 2.10. The van der Waals surface area contributed by atoms with E-state index in [4.69, 9.17) is 0 Å². The fourth-order valence-electron chi connectivity index (χ4n) is 0.942. The number of hydrogen-bond acceptors (Lipinski definition) is 2. The van der Waals surface area contributed by atoms with Gasteiger partial charge in [0.05, 0.1) is 0 Å². The summed E-state index contributed by atoms with van der Waals surface area (Å²) in [4.78, 5) is 0. The SMILES string of the molecule is [Cl-].[Cl-].c1cc[n+](SS[n+]2ccccc2)cc1. The number of hydrogen-bond donors (Lipinski definition) is 0. The molecule has 0 aliphatic rings. The van der Waals surface area contributed by atoms with Crippen molar-refractivity contribution >= 4 is 22.0 Å². The van der Waals surface area contributed by atoms with Crippen molar-refractivity contribution in [3.63, 3.8) is 0 Å². The van der Waals surface area contributed by atoms with Crippen LogP contribution < -0.4 is 32.8 Å². The van der Waals surface area contributed by atoms with Crippen LogP contribution >= 0.6 is 22.0 Å². The molecule has 0 aliphatic carbocycles. The molecule has 2 aromatic rings. The van der Waals surface area contributed by atoms with Crippen LogP contribution in [0.2, 0.25) is 0 Å². The zero-order chi connectivity index (χ0) is 9.64. The van der Waals surface area contributed by atoms with Crippen LogP contribution in [0.3, 0.4) is 0 Å². The van der Waals surface area contributed by atoms with Gasteiger partial charge in [-0.2, -0.15) is 0 Å². The van der Waals surface area contributed by atoms with Crippen LogP contribution in [-0.2, 0) is 0 Å². The van der Waals surface area contributed by atoms with E-state index in [0.717, 1.165) is 0 Å². The molecule has 2 rings (SSSR count). The first-order valence-corrected chi connectivity index (χ1v) is 6.29. The van der Waals surface area contributed by atoms with Gasteiger partial charge in [0.25, 0.3) is 0 Å². The molecule has 86 valence electrons. The summed E-state index contributed by atoms with van der Waals surface area (Å²) in [6.45, 7) is 0. The Hall–Kier alpha value is -0.420. The quantitative estimate of drug-likeness (QED) is 0.420. The zero-order valence-electron chi connectivity index (χ0n) is 8.24. The van der Waals surface area contributed by atoms with Gasteiger partial charge >= 0.3 is 22.0 Å². The maximum absolute atomic E-state index is 2.06. The Morgan fingerprint density at radius 3 is 1.12 bits per heavy atom. The summed E-state index contributed by atoms with van der Waals surface area (Å²) in [5.74, 6) is 0. The maximum atomic E-state index is 2.06. The molecule has 0 bridgehead atoms. The second-order valence-corrected chi connectivity index (χ2v) is 4.66. The van der Waals surface area contributed by atoms with Crippen LogP contribution in [0.5, 0.6) is 0 Å². The van der Waals surface area contributed by atoms with Gasteiger partial charge < -0.3 is 24.8 Å². The van der Waals surface area contributed by atoms with Crippen LogP contribution in [0.4, 0.5) is 0 Å². The predicted octanol–water partition coefficient (Wildman–Crippen LogP) is -4.12. The molecular weight excluding hydrogens is 283 g/mol. The van der Waals surface area contributed by atoms with Crippen LogP contribution in [-0.4, -0.2) is 0 Å². The third-order valence-corrected chi connectivity index (χ3v) is 3.71. The Morgan fingerprint density at radius 1 is 0.500 bits per heavy atom. The Kier molecular flexibility index (Phi) is 8.47. The summed E-state index contributed by atoms with van der Waals surface area (Å²) in [6, 6.07) is 12.1. The summed E-state index contributed by atoms with van der Waals surface area (Å²) >= 11 is 0. The van der Waals surface area contributed by atoms with Crippen molar-refractivity contribution in [2.24, 2.45) is 0 Å². The number of halogens is 2. The standard InChI is InChI=1S/C10H10N2S2.2ClH/c1-3-7-11(8-4-1)13-14-12-9-5-2-6-10-12;;/h1-10H;2*1H/q+2;;/p-2. The topological polar surface area (TPSA) is 7.76 Å². The molecular formula is C10H10Cl2N2S2. The van der Waals surface area contributed by atoms with E-state index in [-0.39, 0.29) is 24.8 Å². The Balaban J connectivity index is 0.00000112. The third-order valence-electron chi connectivity index (χ3n) is 1.58. The number of nitrogens with zero attached hydrogens (tertiary/aromatic N) is 2. The second-order valence-electron chi connectivity index (χ2n) is 2.62. The van der Waals surface area contributed by atoms with Crippen molar-refractivity contribution in [1.82, 2.24) is 0 Å². The lowest BCUT2D eigenvalue weighted by molar-refractivity contribution is -0.505. The van der Waals surface area contributed by atoms with E-state index in [1.54, 1.807) is 22.0 Å². The molecule has 2 heterocycles. The average molecular weight is 293 g/mol. The highest BCUT2D eigenvalue weighted by atomic mass is 35.5. The molecule has 0 saturated heterocycles. The van der Waals surface area contributed by atoms with Gasteiger partial charge in [-0.3, -0.25) is 0 Å². The normalized spacial score (nSPS) is 8.75. The van der Waals surface area contributed by atoms with Crippen molar-refractivity contribution < 1.29 is 32.8 Å². The molecule has 0 saturated carbocycles. The minimum absolute atomic E-state index is 0. The van der Waals surface area contributed by atoms with Gasteiger partial charge in [0.15, 0.2) is 24.8 Å². The second kappa shape index (κ2) is 8.70. The molecule has 0 aliphatic heterocycles. The molecule has 0 amide bonds. The third kappa shape index (κ3) is 5.07. The molecule has 0 radical (unpaired) electrons. The molecule has 2 nitrogen and oxygen atoms in total. The van der Waals surface area contributed by atoms with Gasteiger partial charge in [-0.1, -0.05) is 12.1 Å². The van der Waals surface area contributed by atoms with E-state index >= 15 is 0 Å². The van der Waals surface area contributed by atoms with Gasteiger partial charge in [-0.25, -0.2) is 0 Å². The monoisotopic (exact) mass is 292 g/mol. The minimum atomic E-state index is 0. The minimum Gasteiger partial charge on any atom is -1.00 e. The van der Waals surface area contributed by atoms with Gasteiger partial charge in [-0.15, -0.1) is 7.94 Å². The van der Waals surface area contributed by atoms with Gasteiger partial charge in [0, 0.05) is 24.3 Å². The van der Waals surface area contributed by atoms with Crippen molar-refractivity contribution in [3.05, 3.63) is 61.2 Å². The van der Waals surface area contributed by atoms with Crippen molar-refractivity contribution in [3.8, 4) is 0 Å². The first-order valence-electron chi connectivity index (χ1n) is 4.23. The molecule has 16 heavy (non-hydrogen) atoms. The van der Waals surface area contributed by atoms with E-state index in [1.807, 2.05) is 61.2 Å². The van der Waals surface area contributed by atoms with Crippen LogP contribution in [0.1, 0.15) is 0 Å². The maximum Gasteiger partial charge on any atom is 0.313 e. The van der Waals surface area contributed by atoms with E-state index < -0.39 is 0 Å². The molecule has 0 unspecified atom stereocenters. The van der Waals surface area contributed by atoms with Crippen molar-refractivity contribution in [1.29, 1.82) is 0 Å². The summed E-state index contributed by atoms with van der Waals surface area (Å²) in [7, 11) is 3.34. The number of rotatable bonds is 3. The van der Waals surface area contributed by atoms with Crippen LogP contribution in [0, 0.1) is 0 Å². The lowest BCUT2D eigenvalue weighted by Crippen LogP contribution is -3.00. The fraction of sp³-hybridized carbons (Fsp3) is 0. The lowest BCUT2D eigenvalue weighted by Gasteiger charge is -1.87. The molecule has 0 fully saturated rings. The predicted molar refractivity (Wildman–Crippen MR) is 59.3 cm³/mol. The lowest BCUT2D eigenvalue weighted by atomic mass is 10.5. The Labute approximate surface area is 116 Å².